The Morgan fingerprint density at radius 2 is 2.50 bits per heavy atom. The van der Waals surface area contributed by atoms with Gasteiger partial charge in [0.15, 0.2) is 0 Å². The molecule has 2 heterocycles. The van der Waals surface area contributed by atoms with E-state index in [9.17, 15) is 0 Å². The van der Waals surface area contributed by atoms with E-state index in [4.69, 9.17) is 0 Å². The number of hydrogen-bond acceptors (Lipinski definition) is 1. The van der Waals surface area contributed by atoms with Crippen molar-refractivity contribution in [2.45, 2.75) is 18.2 Å². The van der Waals surface area contributed by atoms with Crippen molar-refractivity contribution in [3.8, 4) is 0 Å². The Labute approximate surface area is 39.9 Å². The summed E-state index contributed by atoms with van der Waals surface area (Å²) in [5, 5.41) is 0. The van der Waals surface area contributed by atoms with Gasteiger partial charge >= 0.3 is 0 Å². The third-order valence-corrected chi connectivity index (χ3v) is 2.35. The molecule has 1 nitrogen and oxygen atoms in total. The maximum absolute atomic E-state index is 2.83. The smallest absolute Gasteiger partial charge is 0.0258 e. The maximum atomic E-state index is 2.83. The summed E-state index contributed by atoms with van der Waals surface area (Å²) in [6.45, 7) is 1.38. The number of rotatable bonds is 0. The quantitative estimate of drug-likeness (QED) is 0.313. The molecule has 2 aliphatic heterocycles. The first-order chi connectivity index (χ1) is 2.88. The fourth-order valence-electron chi connectivity index (χ4n) is 1.09. The van der Waals surface area contributed by atoms with Gasteiger partial charge in [0.05, 0.1) is 0 Å². The highest BCUT2D eigenvalue weighted by Crippen LogP contribution is 2.41. The van der Waals surface area contributed by atoms with Crippen LogP contribution in [-0.4, -0.2) is 23.3 Å². The molecule has 0 spiro atoms. The van der Waals surface area contributed by atoms with Crippen LogP contribution in [0.4, 0.5) is 0 Å². The minimum atomic E-state index is 0.856. The first kappa shape index (κ1) is 3.40. The van der Waals surface area contributed by atoms with Crippen LogP contribution in [0.5, 0.6) is 0 Å². The molecule has 2 heteroatoms. The second kappa shape index (κ2) is 0.801. The Morgan fingerprint density at radius 1 is 1.67 bits per heavy atom. The Kier molecular flexibility index (Phi) is 0.454. The lowest BCUT2D eigenvalue weighted by Crippen LogP contribution is -2.25. The highest BCUT2D eigenvalue weighted by Gasteiger charge is 2.48. The fraction of sp³-hybridized carbons (Fsp3) is 1.00. The van der Waals surface area contributed by atoms with E-state index in [1.54, 1.807) is 0 Å². The molecular formula is C4H8NP. The van der Waals surface area contributed by atoms with Crippen LogP contribution in [0, 0.1) is 0 Å². The molecule has 0 saturated carbocycles. The van der Waals surface area contributed by atoms with Gasteiger partial charge < -0.3 is 0 Å². The molecule has 0 aliphatic carbocycles. The largest absolute Gasteiger partial charge is 0.291 e. The molecule has 0 aromatic heterocycles. The fourth-order valence-corrected chi connectivity index (χ4v) is 1.77. The lowest BCUT2D eigenvalue weighted by atomic mass is 10.2. The lowest BCUT2D eigenvalue weighted by molar-refractivity contribution is 0.345. The standard InChI is InChI=1S/C4H8NP/c6-4-1-3-2-5(3)4/h3-4H,1-2,6H2. The molecule has 6 heavy (non-hydrogen) atoms. The molecule has 0 amide bonds. The molecule has 0 aromatic rings. The minimum absolute atomic E-state index is 0.856. The molecule has 0 N–H and O–H groups in total. The van der Waals surface area contributed by atoms with E-state index in [2.05, 4.69) is 14.1 Å². The summed E-state index contributed by atoms with van der Waals surface area (Å²) < 4.78 is 0. The van der Waals surface area contributed by atoms with Gasteiger partial charge in [-0.1, -0.05) is 0 Å². The average molecular weight is 101 g/mol. The van der Waals surface area contributed by atoms with Gasteiger partial charge in [-0.15, -0.1) is 9.24 Å². The van der Waals surface area contributed by atoms with E-state index >= 15 is 0 Å². The van der Waals surface area contributed by atoms with Gasteiger partial charge in [-0.2, -0.15) is 0 Å². The molecular weight excluding hydrogens is 93.0 g/mol. The van der Waals surface area contributed by atoms with Gasteiger partial charge in [-0.25, -0.2) is 0 Å². The third-order valence-electron chi connectivity index (χ3n) is 1.70. The van der Waals surface area contributed by atoms with Gasteiger partial charge in [0.2, 0.25) is 0 Å². The van der Waals surface area contributed by atoms with Crippen LogP contribution in [0.3, 0.4) is 0 Å². The predicted octanol–water partition coefficient (Wildman–Crippen LogP) is 0.275. The maximum Gasteiger partial charge on any atom is 0.0258 e. The molecule has 4 atom stereocenters. The Hall–Kier alpha value is 0.390. The summed E-state index contributed by atoms with van der Waals surface area (Å²) in [4.78, 5) is 2.48. The molecule has 4 unspecified atom stereocenters. The third kappa shape index (κ3) is 0.244. The van der Waals surface area contributed by atoms with E-state index in [0.717, 1.165) is 11.8 Å². The summed E-state index contributed by atoms with van der Waals surface area (Å²) in [6, 6.07) is 1.02. The minimum Gasteiger partial charge on any atom is -0.291 e. The summed E-state index contributed by atoms with van der Waals surface area (Å²) in [5.41, 5.74) is 0. The SMILES string of the molecule is PC1CC2CN12. The molecule has 0 radical (unpaired) electrons. The monoisotopic (exact) mass is 101 g/mol. The summed E-state index contributed by atoms with van der Waals surface area (Å²) in [6.07, 6.45) is 1.44. The Balaban J connectivity index is 2.08. The van der Waals surface area contributed by atoms with E-state index in [1.807, 2.05) is 0 Å². The lowest BCUT2D eigenvalue weighted by Gasteiger charge is -2.21. The Morgan fingerprint density at radius 3 is 2.50 bits per heavy atom. The molecule has 2 fully saturated rings. The van der Waals surface area contributed by atoms with Gasteiger partial charge in [-0.3, -0.25) is 4.90 Å². The number of nitrogens with zero attached hydrogens (tertiary/aromatic N) is 1. The average Bonchev–Trinajstić information content (AvgIpc) is 2.12. The van der Waals surface area contributed by atoms with Crippen LogP contribution >= 0.6 is 9.24 Å². The second-order valence-corrected chi connectivity index (χ2v) is 2.92. The normalized spacial score (nSPS) is 62.5. The van der Waals surface area contributed by atoms with Crippen molar-refractivity contribution in [2.75, 3.05) is 6.54 Å². The zero-order chi connectivity index (χ0) is 4.15. The van der Waals surface area contributed by atoms with Crippen molar-refractivity contribution < 1.29 is 0 Å². The van der Waals surface area contributed by atoms with Crippen LogP contribution < -0.4 is 0 Å². The predicted molar refractivity (Wildman–Crippen MR) is 28.6 cm³/mol. The van der Waals surface area contributed by atoms with Crippen LogP contribution in [0.2, 0.25) is 0 Å². The molecule has 0 bridgehead atoms. The first-order valence-electron chi connectivity index (χ1n) is 2.39. The van der Waals surface area contributed by atoms with E-state index in [0.29, 0.717) is 0 Å². The van der Waals surface area contributed by atoms with Gasteiger partial charge in [0, 0.05) is 18.4 Å². The van der Waals surface area contributed by atoms with E-state index < -0.39 is 0 Å². The topological polar surface area (TPSA) is 3.01 Å². The molecule has 34 valence electrons. The van der Waals surface area contributed by atoms with Crippen LogP contribution in [0.15, 0.2) is 0 Å². The highest BCUT2D eigenvalue weighted by atomic mass is 31.0. The number of hydrogen-bond donors (Lipinski definition) is 0. The van der Waals surface area contributed by atoms with Crippen molar-refractivity contribution in [3.05, 3.63) is 0 Å². The van der Waals surface area contributed by atoms with E-state index in [-0.39, 0.29) is 0 Å². The highest BCUT2D eigenvalue weighted by molar-refractivity contribution is 7.17. The van der Waals surface area contributed by atoms with Crippen molar-refractivity contribution >= 4 is 9.24 Å². The zero-order valence-corrected chi connectivity index (χ0v) is 4.75. The molecule has 2 rings (SSSR count). The van der Waals surface area contributed by atoms with Crippen molar-refractivity contribution in [3.63, 3.8) is 0 Å². The van der Waals surface area contributed by atoms with Crippen LogP contribution in [0.1, 0.15) is 6.42 Å². The zero-order valence-electron chi connectivity index (χ0n) is 3.59. The van der Waals surface area contributed by atoms with Gasteiger partial charge in [0.25, 0.3) is 0 Å². The van der Waals surface area contributed by atoms with E-state index in [1.165, 1.54) is 13.0 Å². The molecule has 2 aliphatic rings. The van der Waals surface area contributed by atoms with Crippen molar-refractivity contribution in [1.82, 2.24) is 4.90 Å². The van der Waals surface area contributed by atoms with Crippen LogP contribution in [0.25, 0.3) is 0 Å². The second-order valence-electron chi connectivity index (χ2n) is 2.15. The van der Waals surface area contributed by atoms with Gasteiger partial charge in [-0.05, 0) is 6.42 Å². The first-order valence-corrected chi connectivity index (χ1v) is 3.06. The number of fused-ring (bicyclic) bond motifs is 1. The summed E-state index contributed by atoms with van der Waals surface area (Å²) in [5.74, 6) is 0.856. The summed E-state index contributed by atoms with van der Waals surface area (Å²) >= 11 is 0. The van der Waals surface area contributed by atoms with Gasteiger partial charge in [0.1, 0.15) is 0 Å². The van der Waals surface area contributed by atoms with Crippen molar-refractivity contribution in [1.29, 1.82) is 0 Å². The molecule has 0 aromatic carbocycles. The molecule has 2 saturated heterocycles. The Bertz CT molecular complexity index is 83.6. The van der Waals surface area contributed by atoms with Crippen LogP contribution in [-0.2, 0) is 0 Å². The summed E-state index contributed by atoms with van der Waals surface area (Å²) in [7, 11) is 2.83. The van der Waals surface area contributed by atoms with Crippen molar-refractivity contribution in [2.24, 2.45) is 0 Å².